The van der Waals surface area contributed by atoms with Gasteiger partial charge in [0.2, 0.25) is 11.8 Å². The zero-order chi connectivity index (χ0) is 17.0. The van der Waals surface area contributed by atoms with E-state index in [9.17, 15) is 9.59 Å². The van der Waals surface area contributed by atoms with E-state index < -0.39 is 0 Å². The van der Waals surface area contributed by atoms with Crippen LogP contribution in [0.15, 0.2) is 42.5 Å². The van der Waals surface area contributed by atoms with Gasteiger partial charge in [0.15, 0.2) is 0 Å². The summed E-state index contributed by atoms with van der Waals surface area (Å²) in [5.41, 5.74) is 1.97. The van der Waals surface area contributed by atoms with Crippen LogP contribution in [0, 0.1) is 6.92 Å². The topological polar surface area (TPSA) is 49.4 Å². The van der Waals surface area contributed by atoms with Crippen molar-refractivity contribution >= 4 is 46.4 Å². The third-order valence-corrected chi connectivity index (χ3v) is 3.99. The van der Waals surface area contributed by atoms with Gasteiger partial charge in [-0.3, -0.25) is 9.59 Å². The highest BCUT2D eigenvalue weighted by Crippen LogP contribution is 2.23. The predicted octanol–water partition coefficient (Wildman–Crippen LogP) is 4.29. The Morgan fingerprint density at radius 2 is 1.83 bits per heavy atom. The van der Waals surface area contributed by atoms with Crippen LogP contribution < -0.4 is 10.2 Å². The van der Waals surface area contributed by atoms with Gasteiger partial charge in [-0.2, -0.15) is 0 Å². The molecule has 0 heterocycles. The molecule has 23 heavy (non-hydrogen) atoms. The monoisotopic (exact) mass is 350 g/mol. The summed E-state index contributed by atoms with van der Waals surface area (Å²) in [6.45, 7) is 3.11. The lowest BCUT2D eigenvalue weighted by molar-refractivity contribution is -0.120. The number of hydrogen-bond acceptors (Lipinski definition) is 2. The van der Waals surface area contributed by atoms with E-state index in [0.29, 0.717) is 21.4 Å². The molecule has 0 aliphatic carbocycles. The molecule has 4 nitrogen and oxygen atoms in total. The number of carbonyl (C=O) groups excluding carboxylic acids is 2. The quantitative estimate of drug-likeness (QED) is 0.893. The molecule has 0 unspecified atom stereocenters. The van der Waals surface area contributed by atoms with E-state index in [4.69, 9.17) is 23.2 Å². The van der Waals surface area contributed by atoms with Crippen LogP contribution in [0.2, 0.25) is 10.0 Å². The highest BCUT2D eigenvalue weighted by molar-refractivity contribution is 6.32. The normalized spacial score (nSPS) is 10.3. The molecule has 1 N–H and O–H groups in total. The van der Waals surface area contributed by atoms with Crippen molar-refractivity contribution in [3.63, 3.8) is 0 Å². The summed E-state index contributed by atoms with van der Waals surface area (Å²) in [5.74, 6) is -0.559. The molecular weight excluding hydrogens is 335 g/mol. The number of nitrogens with zero attached hydrogens (tertiary/aromatic N) is 1. The molecule has 2 aromatic rings. The SMILES string of the molecule is CC(=O)N(CC(=O)Nc1cccc(Cl)c1C)c1cccc(Cl)c1. The highest BCUT2D eigenvalue weighted by atomic mass is 35.5. The van der Waals surface area contributed by atoms with Gasteiger partial charge in [0, 0.05) is 28.3 Å². The fourth-order valence-electron chi connectivity index (χ4n) is 2.10. The van der Waals surface area contributed by atoms with Crippen LogP contribution in [0.4, 0.5) is 11.4 Å². The van der Waals surface area contributed by atoms with Gasteiger partial charge in [0.05, 0.1) is 0 Å². The molecule has 0 bridgehead atoms. The van der Waals surface area contributed by atoms with Crippen LogP contribution in [0.3, 0.4) is 0 Å². The van der Waals surface area contributed by atoms with Gasteiger partial charge in [-0.25, -0.2) is 0 Å². The molecule has 0 aliphatic heterocycles. The Hall–Kier alpha value is -2.04. The highest BCUT2D eigenvalue weighted by Gasteiger charge is 2.17. The number of anilines is 2. The summed E-state index contributed by atoms with van der Waals surface area (Å²) in [4.78, 5) is 25.5. The number of carbonyl (C=O) groups is 2. The molecular formula is C17H16Cl2N2O2. The second kappa shape index (κ2) is 7.49. The van der Waals surface area contributed by atoms with Gasteiger partial charge >= 0.3 is 0 Å². The summed E-state index contributed by atoms with van der Waals surface area (Å²) in [6.07, 6.45) is 0. The van der Waals surface area contributed by atoms with Crippen molar-refractivity contribution in [3.8, 4) is 0 Å². The summed E-state index contributed by atoms with van der Waals surface area (Å²) in [7, 11) is 0. The van der Waals surface area contributed by atoms with Crippen molar-refractivity contribution in [3.05, 3.63) is 58.1 Å². The largest absolute Gasteiger partial charge is 0.324 e. The Morgan fingerprint density at radius 1 is 1.13 bits per heavy atom. The van der Waals surface area contributed by atoms with Crippen molar-refractivity contribution in [2.75, 3.05) is 16.8 Å². The van der Waals surface area contributed by atoms with E-state index in [-0.39, 0.29) is 18.4 Å². The van der Waals surface area contributed by atoms with Crippen molar-refractivity contribution < 1.29 is 9.59 Å². The summed E-state index contributed by atoms with van der Waals surface area (Å²) in [6, 6.07) is 12.1. The van der Waals surface area contributed by atoms with Gasteiger partial charge in [0.25, 0.3) is 0 Å². The molecule has 0 fully saturated rings. The van der Waals surface area contributed by atoms with Crippen molar-refractivity contribution in [2.45, 2.75) is 13.8 Å². The first-order valence-corrected chi connectivity index (χ1v) is 7.72. The molecule has 0 atom stereocenters. The second-order valence-corrected chi connectivity index (χ2v) is 5.89. The van der Waals surface area contributed by atoms with Gasteiger partial charge < -0.3 is 10.2 Å². The van der Waals surface area contributed by atoms with Crippen LogP contribution in [-0.4, -0.2) is 18.4 Å². The first kappa shape index (κ1) is 17.3. The minimum Gasteiger partial charge on any atom is -0.324 e. The third kappa shape index (κ3) is 4.47. The maximum Gasteiger partial charge on any atom is 0.244 e. The zero-order valence-electron chi connectivity index (χ0n) is 12.8. The van der Waals surface area contributed by atoms with E-state index in [2.05, 4.69) is 5.32 Å². The molecule has 0 aliphatic rings. The van der Waals surface area contributed by atoms with Crippen molar-refractivity contribution in [2.24, 2.45) is 0 Å². The molecule has 0 saturated heterocycles. The van der Waals surface area contributed by atoms with Crippen LogP contribution in [0.1, 0.15) is 12.5 Å². The summed E-state index contributed by atoms with van der Waals surface area (Å²) in [5, 5.41) is 3.84. The predicted molar refractivity (Wildman–Crippen MR) is 94.3 cm³/mol. The standard InChI is InChI=1S/C17H16Cl2N2O2/c1-11-15(19)7-4-8-16(11)20-17(23)10-21(12(2)22)14-6-3-5-13(18)9-14/h3-9H,10H2,1-2H3,(H,20,23). The average Bonchev–Trinajstić information content (AvgIpc) is 2.49. The average molecular weight is 351 g/mol. The van der Waals surface area contributed by atoms with E-state index in [1.807, 2.05) is 6.92 Å². The van der Waals surface area contributed by atoms with Crippen LogP contribution >= 0.6 is 23.2 Å². The molecule has 2 rings (SSSR count). The molecule has 2 amide bonds. The van der Waals surface area contributed by atoms with Gasteiger partial charge in [0.1, 0.15) is 6.54 Å². The van der Waals surface area contributed by atoms with E-state index in [1.54, 1.807) is 42.5 Å². The third-order valence-electron chi connectivity index (χ3n) is 3.34. The van der Waals surface area contributed by atoms with Crippen molar-refractivity contribution in [1.82, 2.24) is 0 Å². The second-order valence-electron chi connectivity index (χ2n) is 5.05. The lowest BCUT2D eigenvalue weighted by Crippen LogP contribution is -2.36. The Kier molecular flexibility index (Phi) is 5.64. The van der Waals surface area contributed by atoms with Crippen LogP contribution in [0.5, 0.6) is 0 Å². The summed E-state index contributed by atoms with van der Waals surface area (Å²) < 4.78 is 0. The van der Waals surface area contributed by atoms with Crippen LogP contribution in [-0.2, 0) is 9.59 Å². The molecule has 6 heteroatoms. The summed E-state index contributed by atoms with van der Waals surface area (Å²) >= 11 is 12.0. The minimum atomic E-state index is -0.314. The molecule has 0 radical (unpaired) electrons. The van der Waals surface area contributed by atoms with Gasteiger partial charge in [-0.15, -0.1) is 0 Å². The van der Waals surface area contributed by atoms with E-state index in [0.717, 1.165) is 5.56 Å². The van der Waals surface area contributed by atoms with E-state index in [1.165, 1.54) is 11.8 Å². The van der Waals surface area contributed by atoms with Crippen LogP contribution in [0.25, 0.3) is 0 Å². The minimum absolute atomic E-state index is 0.109. The molecule has 0 spiro atoms. The Morgan fingerprint density at radius 3 is 2.48 bits per heavy atom. The maximum absolute atomic E-state index is 12.3. The molecule has 0 saturated carbocycles. The Labute approximate surface area is 145 Å². The lowest BCUT2D eigenvalue weighted by Gasteiger charge is -2.21. The molecule has 2 aromatic carbocycles. The van der Waals surface area contributed by atoms with Gasteiger partial charge in [-0.05, 0) is 42.8 Å². The van der Waals surface area contributed by atoms with E-state index >= 15 is 0 Å². The number of amides is 2. The number of halogens is 2. The fraction of sp³-hybridized carbons (Fsp3) is 0.176. The van der Waals surface area contributed by atoms with Gasteiger partial charge in [-0.1, -0.05) is 35.3 Å². The fourth-order valence-corrected chi connectivity index (χ4v) is 2.46. The molecule has 0 aromatic heterocycles. The maximum atomic E-state index is 12.3. The number of hydrogen-bond donors (Lipinski definition) is 1. The molecule has 120 valence electrons. The Bertz CT molecular complexity index is 747. The van der Waals surface area contributed by atoms with Crippen molar-refractivity contribution in [1.29, 1.82) is 0 Å². The number of nitrogens with one attached hydrogen (secondary N) is 1. The first-order chi connectivity index (χ1) is 10.9. The number of benzene rings is 2. The number of rotatable bonds is 4. The lowest BCUT2D eigenvalue weighted by atomic mass is 10.2. The smallest absolute Gasteiger partial charge is 0.244 e. The Balaban J connectivity index is 2.16. The first-order valence-electron chi connectivity index (χ1n) is 6.97. The zero-order valence-corrected chi connectivity index (χ0v) is 14.3.